The molecule has 3 aromatic rings. The van der Waals surface area contributed by atoms with Gasteiger partial charge < -0.3 is 9.30 Å². The van der Waals surface area contributed by atoms with Crippen molar-refractivity contribution in [3.63, 3.8) is 0 Å². The topological polar surface area (TPSA) is 55.4 Å². The van der Waals surface area contributed by atoms with Crippen molar-refractivity contribution >= 4 is 17.4 Å². The number of likely N-dealkylation sites (N-methyl/N-ethyl adjacent to an activating group) is 1. The largest absolute Gasteiger partial charge is 0.348 e. The van der Waals surface area contributed by atoms with Crippen LogP contribution in [0.3, 0.4) is 0 Å². The summed E-state index contributed by atoms with van der Waals surface area (Å²) in [4.78, 5) is 24.4. The molecule has 0 aliphatic heterocycles. The Morgan fingerprint density at radius 3 is 2.76 bits per heavy atom. The first kappa shape index (κ1) is 20.2. The Balaban J connectivity index is 1.57. The van der Waals surface area contributed by atoms with Gasteiger partial charge in [0.1, 0.15) is 10.7 Å². The molecule has 1 aliphatic rings. The second-order valence-electron chi connectivity index (χ2n) is 7.50. The lowest BCUT2D eigenvalue weighted by Crippen LogP contribution is -2.35. The zero-order valence-corrected chi connectivity index (χ0v) is 18.1. The molecule has 0 N–H and O–H groups in total. The first-order valence-corrected chi connectivity index (χ1v) is 11.6. The number of aromatic nitrogens is 4. The number of hydrogen-bond acceptors (Lipinski definition) is 5. The monoisotopic (exact) mass is 411 g/mol. The second kappa shape index (κ2) is 9.13. The zero-order chi connectivity index (χ0) is 20.2. The van der Waals surface area contributed by atoms with Crippen molar-refractivity contribution in [3.05, 3.63) is 58.0 Å². The highest BCUT2D eigenvalue weighted by Crippen LogP contribution is 2.30. The minimum Gasteiger partial charge on any atom is -0.307 e. The SMILES string of the molecule is CCN(CC)CCn1c2c(c(SCc3cn4ccccc4n3)nc1=O)CCCC2. The van der Waals surface area contributed by atoms with E-state index in [9.17, 15) is 4.79 Å². The van der Waals surface area contributed by atoms with Gasteiger partial charge in [0, 0.05) is 42.5 Å². The van der Waals surface area contributed by atoms with Gasteiger partial charge in [-0.15, -0.1) is 0 Å². The summed E-state index contributed by atoms with van der Waals surface area (Å²) in [6, 6.07) is 6.00. The van der Waals surface area contributed by atoms with Gasteiger partial charge in [0.25, 0.3) is 0 Å². The third kappa shape index (κ3) is 4.41. The van der Waals surface area contributed by atoms with Gasteiger partial charge in [0.05, 0.1) is 5.69 Å². The molecule has 154 valence electrons. The lowest BCUT2D eigenvalue weighted by molar-refractivity contribution is 0.285. The first-order valence-electron chi connectivity index (χ1n) is 10.6. The van der Waals surface area contributed by atoms with Crippen LogP contribution in [0.25, 0.3) is 5.65 Å². The number of pyridine rings is 1. The average Bonchev–Trinajstić information content (AvgIpc) is 3.17. The molecular formula is C22H29N5OS. The maximum Gasteiger partial charge on any atom is 0.348 e. The second-order valence-corrected chi connectivity index (χ2v) is 8.46. The standard InChI is InChI=1S/C22H29N5OS/c1-3-25(4-2)13-14-27-19-10-6-5-9-18(19)21(24-22(27)28)29-16-17-15-26-12-8-7-11-20(26)23-17/h7-8,11-12,15H,3-6,9-10,13-14,16H2,1-2H3. The highest BCUT2D eigenvalue weighted by molar-refractivity contribution is 7.98. The van der Waals surface area contributed by atoms with Crippen LogP contribution in [0.5, 0.6) is 0 Å². The summed E-state index contributed by atoms with van der Waals surface area (Å²) in [6.07, 6.45) is 8.38. The van der Waals surface area contributed by atoms with Gasteiger partial charge >= 0.3 is 5.69 Å². The summed E-state index contributed by atoms with van der Waals surface area (Å²) in [5.74, 6) is 0.726. The van der Waals surface area contributed by atoms with E-state index < -0.39 is 0 Å². The summed E-state index contributed by atoms with van der Waals surface area (Å²) < 4.78 is 3.96. The van der Waals surface area contributed by atoms with Crippen molar-refractivity contribution in [2.75, 3.05) is 19.6 Å². The maximum absolute atomic E-state index is 12.9. The first-order chi connectivity index (χ1) is 14.2. The Hall–Kier alpha value is -2.12. The number of thioether (sulfide) groups is 1. The zero-order valence-electron chi connectivity index (χ0n) is 17.3. The highest BCUT2D eigenvalue weighted by Gasteiger charge is 2.21. The molecule has 0 spiro atoms. The fourth-order valence-electron chi connectivity index (χ4n) is 4.08. The average molecular weight is 412 g/mol. The van der Waals surface area contributed by atoms with Crippen molar-refractivity contribution < 1.29 is 0 Å². The number of rotatable bonds is 8. The summed E-state index contributed by atoms with van der Waals surface area (Å²) >= 11 is 1.65. The van der Waals surface area contributed by atoms with Gasteiger partial charge in [-0.3, -0.25) is 4.57 Å². The lowest BCUT2D eigenvalue weighted by atomic mass is 9.97. The van der Waals surface area contributed by atoms with Crippen LogP contribution in [0.15, 0.2) is 40.4 Å². The molecule has 4 rings (SSSR count). The lowest BCUT2D eigenvalue weighted by Gasteiger charge is -2.24. The third-order valence-corrected chi connectivity index (χ3v) is 6.81. The molecule has 0 unspecified atom stereocenters. The third-order valence-electron chi connectivity index (χ3n) is 5.76. The van der Waals surface area contributed by atoms with Crippen LogP contribution in [-0.2, 0) is 25.1 Å². The van der Waals surface area contributed by atoms with Crippen LogP contribution < -0.4 is 5.69 Å². The number of hydrogen-bond donors (Lipinski definition) is 0. The van der Waals surface area contributed by atoms with E-state index in [0.29, 0.717) is 0 Å². The van der Waals surface area contributed by atoms with E-state index in [2.05, 4.69) is 34.9 Å². The van der Waals surface area contributed by atoms with E-state index in [1.54, 1.807) is 11.8 Å². The molecule has 6 nitrogen and oxygen atoms in total. The summed E-state index contributed by atoms with van der Waals surface area (Å²) in [5, 5.41) is 0.904. The number of imidazole rings is 1. The molecule has 0 bridgehead atoms. The molecule has 0 atom stereocenters. The molecule has 7 heteroatoms. The van der Waals surface area contributed by atoms with Crippen LogP contribution in [0.1, 0.15) is 43.6 Å². The van der Waals surface area contributed by atoms with E-state index in [1.165, 1.54) is 17.7 Å². The van der Waals surface area contributed by atoms with Gasteiger partial charge in [-0.1, -0.05) is 31.7 Å². The highest BCUT2D eigenvalue weighted by atomic mass is 32.2. The molecule has 0 saturated heterocycles. The summed E-state index contributed by atoms with van der Waals surface area (Å²) in [7, 11) is 0. The quantitative estimate of drug-likeness (QED) is 0.420. The van der Waals surface area contributed by atoms with Crippen LogP contribution in [0, 0.1) is 0 Å². The molecule has 29 heavy (non-hydrogen) atoms. The molecule has 0 saturated carbocycles. The molecule has 1 aliphatic carbocycles. The van der Waals surface area contributed by atoms with E-state index in [1.807, 2.05) is 33.4 Å². The Kier molecular flexibility index (Phi) is 6.35. The van der Waals surface area contributed by atoms with Crippen molar-refractivity contribution in [1.29, 1.82) is 0 Å². The van der Waals surface area contributed by atoms with Gasteiger partial charge in [-0.2, -0.15) is 4.98 Å². The Morgan fingerprint density at radius 1 is 1.14 bits per heavy atom. The minimum absolute atomic E-state index is 0.102. The minimum atomic E-state index is -0.102. The van der Waals surface area contributed by atoms with Crippen molar-refractivity contribution in [1.82, 2.24) is 23.8 Å². The molecule has 0 amide bonds. The number of fused-ring (bicyclic) bond motifs is 2. The Bertz CT molecular complexity index is 1000. The summed E-state index contributed by atoms with van der Waals surface area (Å²) in [5.41, 5.74) is 4.35. The molecular weight excluding hydrogens is 382 g/mol. The van der Waals surface area contributed by atoms with Crippen molar-refractivity contribution in [3.8, 4) is 0 Å². The van der Waals surface area contributed by atoms with E-state index >= 15 is 0 Å². The van der Waals surface area contributed by atoms with Gasteiger partial charge in [-0.25, -0.2) is 9.78 Å². The van der Waals surface area contributed by atoms with Gasteiger partial charge in [0.2, 0.25) is 0 Å². The summed E-state index contributed by atoms with van der Waals surface area (Å²) in [6.45, 7) is 7.97. The van der Waals surface area contributed by atoms with E-state index in [0.717, 1.165) is 67.6 Å². The van der Waals surface area contributed by atoms with Gasteiger partial charge in [0.15, 0.2) is 0 Å². The molecule has 3 heterocycles. The Labute approximate surface area is 176 Å². The van der Waals surface area contributed by atoms with Crippen molar-refractivity contribution in [2.24, 2.45) is 0 Å². The molecule has 0 fully saturated rings. The van der Waals surface area contributed by atoms with Gasteiger partial charge in [-0.05, 0) is 50.9 Å². The van der Waals surface area contributed by atoms with Crippen LogP contribution in [-0.4, -0.2) is 43.5 Å². The molecule has 3 aromatic heterocycles. The predicted molar refractivity (Wildman–Crippen MR) is 118 cm³/mol. The maximum atomic E-state index is 12.9. The van der Waals surface area contributed by atoms with Crippen molar-refractivity contribution in [2.45, 2.75) is 56.9 Å². The van der Waals surface area contributed by atoms with Crippen LogP contribution >= 0.6 is 11.8 Å². The fraction of sp³-hybridized carbons (Fsp3) is 0.500. The Morgan fingerprint density at radius 2 is 1.97 bits per heavy atom. The number of nitrogens with zero attached hydrogens (tertiary/aromatic N) is 5. The normalized spacial score (nSPS) is 13.9. The molecule has 0 radical (unpaired) electrons. The van der Waals surface area contributed by atoms with E-state index in [-0.39, 0.29) is 5.69 Å². The smallest absolute Gasteiger partial charge is 0.307 e. The predicted octanol–water partition coefficient (Wildman–Crippen LogP) is 3.40. The fourth-order valence-corrected chi connectivity index (χ4v) is 5.04. The van der Waals surface area contributed by atoms with E-state index in [4.69, 9.17) is 0 Å². The molecule has 0 aromatic carbocycles. The van der Waals surface area contributed by atoms with Crippen LogP contribution in [0.4, 0.5) is 0 Å². The van der Waals surface area contributed by atoms with Crippen LogP contribution in [0.2, 0.25) is 0 Å².